The highest BCUT2D eigenvalue weighted by Gasteiger charge is 2.17. The lowest BCUT2D eigenvalue weighted by Gasteiger charge is -2.06. The number of methoxy groups -OCH3 is 1. The summed E-state index contributed by atoms with van der Waals surface area (Å²) in [6, 6.07) is 2.38. The minimum Gasteiger partial charge on any atom is -0.469 e. The number of rotatable bonds is 4. The minimum absolute atomic E-state index is 0.0188. The maximum Gasteiger partial charge on any atom is 0.324 e. The van der Waals surface area contributed by atoms with Crippen molar-refractivity contribution in [2.45, 2.75) is 12.5 Å². The van der Waals surface area contributed by atoms with E-state index in [2.05, 4.69) is 4.74 Å². The summed E-state index contributed by atoms with van der Waals surface area (Å²) in [4.78, 5) is 21.4. The van der Waals surface area contributed by atoms with Crippen LogP contribution in [0.4, 0.5) is 5.00 Å². The SMILES string of the molecule is COC(=O)CC(N)c1ccc([N+](=O)[O-])s1. The fourth-order valence-corrected chi connectivity index (χ4v) is 1.83. The lowest BCUT2D eigenvalue weighted by atomic mass is 10.2. The summed E-state index contributed by atoms with van der Waals surface area (Å²) in [6.45, 7) is 0. The molecule has 0 spiro atoms. The highest BCUT2D eigenvalue weighted by atomic mass is 32.1. The Labute approximate surface area is 89.8 Å². The van der Waals surface area contributed by atoms with Crippen molar-refractivity contribution in [2.24, 2.45) is 5.73 Å². The summed E-state index contributed by atoms with van der Waals surface area (Å²) >= 11 is 0.970. The maximum absolute atomic E-state index is 10.9. The molecule has 0 saturated carbocycles. The van der Waals surface area contributed by atoms with Crippen LogP contribution in [0, 0.1) is 10.1 Å². The number of esters is 1. The molecule has 82 valence electrons. The van der Waals surface area contributed by atoms with Crippen LogP contribution in [0.3, 0.4) is 0 Å². The quantitative estimate of drug-likeness (QED) is 0.476. The molecule has 0 aliphatic rings. The third-order valence-electron chi connectivity index (χ3n) is 1.77. The van der Waals surface area contributed by atoms with Crippen LogP contribution in [-0.2, 0) is 9.53 Å². The van der Waals surface area contributed by atoms with Gasteiger partial charge in [0.15, 0.2) is 0 Å². The van der Waals surface area contributed by atoms with Crippen LogP contribution >= 0.6 is 11.3 Å². The third-order valence-corrected chi connectivity index (χ3v) is 2.94. The van der Waals surface area contributed by atoms with Crippen molar-refractivity contribution in [1.82, 2.24) is 0 Å². The Hall–Kier alpha value is -1.47. The molecule has 15 heavy (non-hydrogen) atoms. The summed E-state index contributed by atoms with van der Waals surface area (Å²) < 4.78 is 4.45. The number of nitrogens with zero attached hydrogens (tertiary/aromatic N) is 1. The molecule has 0 fully saturated rings. The number of carbonyl (C=O) groups excluding carboxylic acids is 1. The first-order chi connectivity index (χ1) is 7.04. The Bertz CT molecular complexity index is 376. The van der Waals surface area contributed by atoms with Gasteiger partial charge in [0.25, 0.3) is 0 Å². The van der Waals surface area contributed by atoms with Gasteiger partial charge in [-0.05, 0) is 6.07 Å². The van der Waals surface area contributed by atoms with Crippen LogP contribution in [0.2, 0.25) is 0 Å². The second-order valence-corrected chi connectivity index (χ2v) is 3.91. The van der Waals surface area contributed by atoms with E-state index in [0.717, 1.165) is 11.3 Å². The van der Waals surface area contributed by atoms with Crippen LogP contribution in [0.5, 0.6) is 0 Å². The molecule has 1 aromatic rings. The molecule has 0 bridgehead atoms. The molecular formula is C8H10N2O4S. The molecule has 7 heteroatoms. The molecule has 0 saturated heterocycles. The first-order valence-electron chi connectivity index (χ1n) is 4.11. The Morgan fingerprint density at radius 3 is 2.87 bits per heavy atom. The predicted octanol–water partition coefficient (Wildman–Crippen LogP) is 1.22. The average molecular weight is 230 g/mol. The van der Waals surface area contributed by atoms with Gasteiger partial charge in [-0.3, -0.25) is 14.9 Å². The standard InChI is InChI=1S/C8H10N2O4S/c1-14-8(11)4-5(9)6-2-3-7(15-6)10(12)13/h2-3,5H,4,9H2,1H3. The number of ether oxygens (including phenoxy) is 1. The smallest absolute Gasteiger partial charge is 0.324 e. The Kier molecular flexibility index (Phi) is 3.75. The fraction of sp³-hybridized carbons (Fsp3) is 0.375. The van der Waals surface area contributed by atoms with Crippen molar-refractivity contribution in [3.05, 3.63) is 27.1 Å². The zero-order chi connectivity index (χ0) is 11.4. The van der Waals surface area contributed by atoms with Gasteiger partial charge in [-0.1, -0.05) is 11.3 Å². The van der Waals surface area contributed by atoms with Crippen molar-refractivity contribution < 1.29 is 14.5 Å². The van der Waals surface area contributed by atoms with Gasteiger partial charge >= 0.3 is 11.0 Å². The zero-order valence-corrected chi connectivity index (χ0v) is 8.82. The molecule has 0 aliphatic carbocycles. The molecule has 0 aliphatic heterocycles. The maximum atomic E-state index is 10.9. The summed E-state index contributed by atoms with van der Waals surface area (Å²) in [7, 11) is 1.27. The van der Waals surface area contributed by atoms with E-state index in [1.54, 1.807) is 6.07 Å². The van der Waals surface area contributed by atoms with Gasteiger partial charge in [0.05, 0.1) is 18.5 Å². The van der Waals surface area contributed by atoms with Crippen molar-refractivity contribution >= 4 is 22.3 Å². The molecule has 1 aromatic heterocycles. The topological polar surface area (TPSA) is 95.5 Å². The summed E-state index contributed by atoms with van der Waals surface area (Å²) in [5.74, 6) is -0.432. The van der Waals surface area contributed by atoms with Crippen molar-refractivity contribution in [3.63, 3.8) is 0 Å². The average Bonchev–Trinajstić information content (AvgIpc) is 2.66. The Morgan fingerprint density at radius 1 is 1.73 bits per heavy atom. The molecule has 0 radical (unpaired) electrons. The summed E-state index contributed by atoms with van der Waals surface area (Å²) in [5, 5.41) is 10.4. The summed E-state index contributed by atoms with van der Waals surface area (Å²) in [5.41, 5.74) is 5.67. The number of nitro groups is 1. The molecule has 0 amide bonds. The number of thiophene rings is 1. The molecule has 2 N–H and O–H groups in total. The lowest BCUT2D eigenvalue weighted by Crippen LogP contribution is -2.15. The van der Waals surface area contributed by atoms with Gasteiger partial charge in [-0.2, -0.15) is 0 Å². The third kappa shape index (κ3) is 3.00. The van der Waals surface area contributed by atoms with E-state index < -0.39 is 16.9 Å². The molecule has 1 heterocycles. The lowest BCUT2D eigenvalue weighted by molar-refractivity contribution is -0.380. The van der Waals surface area contributed by atoms with Crippen LogP contribution < -0.4 is 5.73 Å². The van der Waals surface area contributed by atoms with Crippen molar-refractivity contribution in [2.75, 3.05) is 7.11 Å². The zero-order valence-electron chi connectivity index (χ0n) is 8.00. The van der Waals surface area contributed by atoms with Gasteiger partial charge in [0.2, 0.25) is 0 Å². The van der Waals surface area contributed by atoms with Crippen LogP contribution in [0.15, 0.2) is 12.1 Å². The Morgan fingerprint density at radius 2 is 2.40 bits per heavy atom. The second-order valence-electron chi connectivity index (χ2n) is 2.82. The fourth-order valence-electron chi connectivity index (χ4n) is 1.00. The molecule has 1 atom stereocenters. The van der Waals surface area contributed by atoms with Crippen LogP contribution in [-0.4, -0.2) is 18.0 Å². The van der Waals surface area contributed by atoms with Crippen molar-refractivity contribution in [3.8, 4) is 0 Å². The van der Waals surface area contributed by atoms with E-state index in [1.807, 2.05) is 0 Å². The normalized spacial score (nSPS) is 12.1. The van der Waals surface area contributed by atoms with E-state index in [1.165, 1.54) is 13.2 Å². The monoisotopic (exact) mass is 230 g/mol. The van der Waals surface area contributed by atoms with Gasteiger partial charge in [0.1, 0.15) is 0 Å². The molecule has 0 aromatic carbocycles. The number of nitrogens with two attached hydrogens (primary N) is 1. The van der Waals surface area contributed by atoms with E-state index >= 15 is 0 Å². The molecule has 1 unspecified atom stereocenters. The molecule has 1 rings (SSSR count). The minimum atomic E-state index is -0.545. The van der Waals surface area contributed by atoms with Crippen LogP contribution in [0.1, 0.15) is 17.3 Å². The number of carbonyl (C=O) groups is 1. The number of hydrogen-bond acceptors (Lipinski definition) is 6. The van der Waals surface area contributed by atoms with Gasteiger partial charge in [-0.15, -0.1) is 0 Å². The van der Waals surface area contributed by atoms with Crippen molar-refractivity contribution in [1.29, 1.82) is 0 Å². The van der Waals surface area contributed by atoms with E-state index in [-0.39, 0.29) is 11.4 Å². The molecule has 6 nitrogen and oxygen atoms in total. The van der Waals surface area contributed by atoms with Crippen LogP contribution in [0.25, 0.3) is 0 Å². The first kappa shape index (κ1) is 11.6. The van der Waals surface area contributed by atoms with Gasteiger partial charge < -0.3 is 10.5 Å². The predicted molar refractivity (Wildman–Crippen MR) is 54.5 cm³/mol. The highest BCUT2D eigenvalue weighted by Crippen LogP contribution is 2.29. The van der Waals surface area contributed by atoms with E-state index in [0.29, 0.717) is 4.88 Å². The first-order valence-corrected chi connectivity index (χ1v) is 4.92. The largest absolute Gasteiger partial charge is 0.469 e. The Balaban J connectivity index is 2.69. The highest BCUT2D eigenvalue weighted by molar-refractivity contribution is 7.15. The number of hydrogen-bond donors (Lipinski definition) is 1. The molecular weight excluding hydrogens is 220 g/mol. The van der Waals surface area contributed by atoms with E-state index in [9.17, 15) is 14.9 Å². The van der Waals surface area contributed by atoms with Gasteiger partial charge in [-0.25, -0.2) is 0 Å². The second kappa shape index (κ2) is 4.85. The summed E-state index contributed by atoms with van der Waals surface area (Å²) in [6.07, 6.45) is 0.0220. The van der Waals surface area contributed by atoms with E-state index in [4.69, 9.17) is 5.73 Å². The van der Waals surface area contributed by atoms with Gasteiger partial charge in [0, 0.05) is 17.0 Å².